The maximum Gasteiger partial charge on any atom is 0.254 e. The number of carbonyl (C=O) groups is 4. The lowest BCUT2D eigenvalue weighted by Crippen LogP contribution is -2.64. The van der Waals surface area contributed by atoms with E-state index in [9.17, 15) is 19.2 Å². The fraction of sp³-hybridized carbons (Fsp3) is 0.500. The SMILES string of the molecule is COc1ccc(C(=O)N2CCN(C(=O)CN)C(C(=O)NC3CCCNC3=O)C2)cc1. The number of hydrogen-bond donors (Lipinski definition) is 3. The van der Waals surface area contributed by atoms with E-state index in [2.05, 4.69) is 10.6 Å². The standard InChI is InChI=1S/C20H27N5O5/c1-30-14-6-4-13(5-7-14)20(29)24-9-10-25(17(26)11-21)16(12-24)19(28)23-15-3-2-8-22-18(15)27/h4-7,15-16H,2-3,8-12,21H2,1H3,(H,22,27)(H,23,28). The number of rotatable bonds is 5. The second-order valence-electron chi connectivity index (χ2n) is 7.28. The van der Waals surface area contributed by atoms with Crippen LogP contribution in [0.25, 0.3) is 0 Å². The summed E-state index contributed by atoms with van der Waals surface area (Å²) in [5.74, 6) is -0.696. The van der Waals surface area contributed by atoms with Gasteiger partial charge in [0.05, 0.1) is 20.2 Å². The highest BCUT2D eigenvalue weighted by atomic mass is 16.5. The molecule has 30 heavy (non-hydrogen) atoms. The van der Waals surface area contributed by atoms with Crippen LogP contribution in [0.5, 0.6) is 5.75 Å². The first-order valence-electron chi connectivity index (χ1n) is 9.95. The van der Waals surface area contributed by atoms with Crippen LogP contribution >= 0.6 is 0 Å². The lowest BCUT2D eigenvalue weighted by atomic mass is 10.0. The third-order valence-corrected chi connectivity index (χ3v) is 5.40. The number of methoxy groups -OCH3 is 1. The van der Waals surface area contributed by atoms with Crippen LogP contribution in [0.15, 0.2) is 24.3 Å². The normalized spacial score (nSPS) is 21.6. The van der Waals surface area contributed by atoms with Crippen molar-refractivity contribution in [2.24, 2.45) is 5.73 Å². The molecule has 1 aromatic rings. The first kappa shape index (κ1) is 21.6. The summed E-state index contributed by atoms with van der Waals surface area (Å²) in [6.45, 7) is 0.838. The highest BCUT2D eigenvalue weighted by molar-refractivity contribution is 5.96. The van der Waals surface area contributed by atoms with Crippen molar-refractivity contribution in [2.45, 2.75) is 24.9 Å². The third kappa shape index (κ3) is 4.70. The Kier molecular flexibility index (Phi) is 6.88. The van der Waals surface area contributed by atoms with E-state index in [1.807, 2.05) is 0 Å². The molecule has 2 atom stereocenters. The summed E-state index contributed by atoms with van der Waals surface area (Å²) in [7, 11) is 1.54. The van der Waals surface area contributed by atoms with Gasteiger partial charge in [0.25, 0.3) is 5.91 Å². The number of hydrogen-bond acceptors (Lipinski definition) is 6. The van der Waals surface area contributed by atoms with Crippen molar-refractivity contribution >= 4 is 23.6 Å². The number of nitrogens with zero attached hydrogens (tertiary/aromatic N) is 2. The van der Waals surface area contributed by atoms with Gasteiger partial charge in [-0.3, -0.25) is 19.2 Å². The minimum absolute atomic E-state index is 0.0246. The van der Waals surface area contributed by atoms with Crippen LogP contribution in [0, 0.1) is 0 Å². The van der Waals surface area contributed by atoms with Crippen molar-refractivity contribution in [3.63, 3.8) is 0 Å². The molecule has 0 radical (unpaired) electrons. The largest absolute Gasteiger partial charge is 0.497 e. The zero-order valence-electron chi connectivity index (χ0n) is 16.9. The van der Waals surface area contributed by atoms with Gasteiger partial charge in [-0.25, -0.2) is 0 Å². The molecule has 0 bridgehead atoms. The monoisotopic (exact) mass is 417 g/mol. The fourth-order valence-corrected chi connectivity index (χ4v) is 3.70. The van der Waals surface area contributed by atoms with E-state index in [0.717, 1.165) is 6.42 Å². The first-order chi connectivity index (χ1) is 14.4. The second-order valence-corrected chi connectivity index (χ2v) is 7.28. The number of amides is 4. The van der Waals surface area contributed by atoms with Crippen molar-refractivity contribution in [3.8, 4) is 5.75 Å². The van der Waals surface area contributed by atoms with Crippen LogP contribution in [-0.4, -0.2) is 85.3 Å². The van der Waals surface area contributed by atoms with Gasteiger partial charge in [0.1, 0.15) is 17.8 Å². The molecule has 2 heterocycles. The van der Waals surface area contributed by atoms with Gasteiger partial charge in [0, 0.05) is 25.2 Å². The van der Waals surface area contributed by atoms with E-state index in [1.165, 1.54) is 9.80 Å². The molecule has 4 N–H and O–H groups in total. The number of benzene rings is 1. The molecule has 10 nitrogen and oxygen atoms in total. The second kappa shape index (κ2) is 9.57. The number of piperidine rings is 1. The van der Waals surface area contributed by atoms with Crippen molar-refractivity contribution in [1.29, 1.82) is 0 Å². The van der Waals surface area contributed by atoms with Gasteiger partial charge in [-0.15, -0.1) is 0 Å². The maximum atomic E-state index is 13.0. The van der Waals surface area contributed by atoms with Gasteiger partial charge in [0.2, 0.25) is 17.7 Å². The predicted octanol–water partition coefficient (Wildman–Crippen LogP) is -1.30. The summed E-state index contributed by atoms with van der Waals surface area (Å²) in [5, 5.41) is 5.44. The Hall–Kier alpha value is -3.14. The van der Waals surface area contributed by atoms with E-state index in [4.69, 9.17) is 10.5 Å². The van der Waals surface area contributed by atoms with Crippen LogP contribution in [0.3, 0.4) is 0 Å². The molecule has 0 aromatic heterocycles. The smallest absolute Gasteiger partial charge is 0.254 e. The van der Waals surface area contributed by atoms with Crippen molar-refractivity contribution < 1.29 is 23.9 Å². The van der Waals surface area contributed by atoms with E-state index < -0.39 is 18.0 Å². The topological polar surface area (TPSA) is 134 Å². The van der Waals surface area contributed by atoms with Gasteiger partial charge in [-0.1, -0.05) is 0 Å². The number of ether oxygens (including phenoxy) is 1. The van der Waals surface area contributed by atoms with E-state index in [0.29, 0.717) is 24.3 Å². The van der Waals surface area contributed by atoms with E-state index >= 15 is 0 Å². The highest BCUT2D eigenvalue weighted by Crippen LogP contribution is 2.17. The molecule has 2 saturated heterocycles. The van der Waals surface area contributed by atoms with Crippen molar-refractivity contribution in [1.82, 2.24) is 20.4 Å². The quantitative estimate of drug-likeness (QED) is 0.545. The zero-order valence-corrected chi connectivity index (χ0v) is 16.9. The summed E-state index contributed by atoms with van der Waals surface area (Å²) in [6, 6.07) is 5.13. The molecule has 162 valence electrons. The summed E-state index contributed by atoms with van der Waals surface area (Å²) >= 11 is 0. The average Bonchev–Trinajstić information content (AvgIpc) is 2.79. The van der Waals surface area contributed by atoms with Gasteiger partial charge < -0.3 is 30.9 Å². The molecule has 2 fully saturated rings. The molecule has 0 aliphatic carbocycles. The predicted molar refractivity (Wildman–Crippen MR) is 108 cm³/mol. The summed E-state index contributed by atoms with van der Waals surface area (Å²) < 4.78 is 5.11. The molecule has 2 unspecified atom stereocenters. The molecule has 10 heteroatoms. The van der Waals surface area contributed by atoms with Gasteiger partial charge in [-0.2, -0.15) is 0 Å². The van der Waals surface area contributed by atoms with Crippen LogP contribution < -0.4 is 21.1 Å². The maximum absolute atomic E-state index is 13.0. The van der Waals surface area contributed by atoms with Crippen molar-refractivity contribution in [3.05, 3.63) is 29.8 Å². The molecular formula is C20H27N5O5. The Morgan fingerprint density at radius 1 is 1.23 bits per heavy atom. The number of piperazine rings is 1. The number of nitrogens with two attached hydrogens (primary N) is 1. The summed E-state index contributed by atoms with van der Waals surface area (Å²) in [5.41, 5.74) is 5.96. The van der Waals surface area contributed by atoms with Crippen LogP contribution in [-0.2, 0) is 14.4 Å². The Balaban J connectivity index is 1.74. The molecule has 3 rings (SSSR count). The third-order valence-electron chi connectivity index (χ3n) is 5.40. The highest BCUT2D eigenvalue weighted by Gasteiger charge is 2.38. The van der Waals surface area contributed by atoms with E-state index in [-0.39, 0.29) is 43.9 Å². The van der Waals surface area contributed by atoms with Crippen LogP contribution in [0.4, 0.5) is 0 Å². The molecule has 2 aliphatic heterocycles. The number of carbonyl (C=O) groups excluding carboxylic acids is 4. The van der Waals surface area contributed by atoms with E-state index in [1.54, 1.807) is 31.4 Å². The van der Waals surface area contributed by atoms with Crippen LogP contribution in [0.2, 0.25) is 0 Å². The average molecular weight is 417 g/mol. The Labute approximate surface area is 174 Å². The minimum Gasteiger partial charge on any atom is -0.497 e. The first-order valence-corrected chi connectivity index (χ1v) is 9.95. The molecule has 2 aliphatic rings. The Morgan fingerprint density at radius 3 is 2.60 bits per heavy atom. The fourth-order valence-electron chi connectivity index (χ4n) is 3.70. The lowest BCUT2D eigenvalue weighted by Gasteiger charge is -2.41. The molecule has 0 saturated carbocycles. The lowest BCUT2D eigenvalue weighted by molar-refractivity contribution is -0.143. The Bertz CT molecular complexity index is 812. The Morgan fingerprint density at radius 2 is 1.97 bits per heavy atom. The molecule has 0 spiro atoms. The van der Waals surface area contributed by atoms with Gasteiger partial charge >= 0.3 is 0 Å². The summed E-state index contributed by atoms with van der Waals surface area (Å²) in [6.07, 6.45) is 1.29. The van der Waals surface area contributed by atoms with Crippen molar-refractivity contribution in [2.75, 3.05) is 39.8 Å². The molecule has 1 aromatic carbocycles. The summed E-state index contributed by atoms with van der Waals surface area (Å²) in [4.78, 5) is 53.1. The minimum atomic E-state index is -0.910. The molecule has 4 amide bonds. The van der Waals surface area contributed by atoms with Crippen LogP contribution in [0.1, 0.15) is 23.2 Å². The zero-order chi connectivity index (χ0) is 21.7. The van der Waals surface area contributed by atoms with Gasteiger partial charge in [-0.05, 0) is 37.1 Å². The van der Waals surface area contributed by atoms with Gasteiger partial charge in [0.15, 0.2) is 0 Å². The number of nitrogens with one attached hydrogen (secondary N) is 2. The molecular weight excluding hydrogens is 390 g/mol.